The van der Waals surface area contributed by atoms with Crippen molar-refractivity contribution in [1.29, 1.82) is 0 Å². The first-order chi connectivity index (χ1) is 16.6. The number of ether oxygens (including phenoxy) is 1. The van der Waals surface area contributed by atoms with Crippen LogP contribution in [0.1, 0.15) is 27.2 Å². The average molecular weight is 482 g/mol. The maximum Gasteiger partial charge on any atom is 0.416 e. The van der Waals surface area contributed by atoms with Crippen LogP contribution in [0.25, 0.3) is 5.82 Å². The van der Waals surface area contributed by atoms with E-state index < -0.39 is 17.6 Å². The lowest BCUT2D eigenvalue weighted by Gasteiger charge is -2.14. The first-order valence-electron chi connectivity index (χ1n) is 10.4. The summed E-state index contributed by atoms with van der Waals surface area (Å²) in [5, 5.41) is 10.4. The first kappa shape index (κ1) is 23.7. The monoisotopic (exact) mass is 482 g/mol. The molecule has 0 atom stereocenters. The van der Waals surface area contributed by atoms with Gasteiger partial charge in [0, 0.05) is 29.1 Å². The number of hydrogen-bond donors (Lipinski definition) is 2. The molecule has 0 unspecified atom stereocenters. The molecular formula is C24H21F3N6O2. The molecule has 4 rings (SSSR count). The van der Waals surface area contributed by atoms with Crippen molar-refractivity contribution in [3.05, 3.63) is 83.3 Å². The van der Waals surface area contributed by atoms with Gasteiger partial charge in [-0.25, -0.2) is 9.97 Å². The lowest BCUT2D eigenvalue weighted by atomic mass is 10.1. The lowest BCUT2D eigenvalue weighted by molar-refractivity contribution is -0.137. The van der Waals surface area contributed by atoms with E-state index in [1.807, 2.05) is 19.9 Å². The van der Waals surface area contributed by atoms with Crippen molar-refractivity contribution in [3.63, 3.8) is 0 Å². The van der Waals surface area contributed by atoms with E-state index in [1.165, 1.54) is 25.6 Å². The van der Waals surface area contributed by atoms with Crippen molar-refractivity contribution in [2.75, 3.05) is 17.7 Å². The number of rotatable bonds is 6. The van der Waals surface area contributed by atoms with E-state index in [0.717, 1.165) is 23.4 Å². The third-order valence-electron chi connectivity index (χ3n) is 5.10. The number of methoxy groups -OCH3 is 1. The van der Waals surface area contributed by atoms with Gasteiger partial charge in [-0.3, -0.25) is 4.79 Å². The Morgan fingerprint density at radius 1 is 1.03 bits per heavy atom. The number of aryl methyl sites for hydroxylation is 2. The quantitative estimate of drug-likeness (QED) is 0.387. The van der Waals surface area contributed by atoms with Gasteiger partial charge in [0.05, 0.1) is 18.4 Å². The van der Waals surface area contributed by atoms with Gasteiger partial charge in [-0.15, -0.1) is 0 Å². The minimum atomic E-state index is -4.54. The van der Waals surface area contributed by atoms with Gasteiger partial charge in [-0.2, -0.15) is 23.0 Å². The normalized spacial score (nSPS) is 11.3. The molecule has 0 aliphatic rings. The van der Waals surface area contributed by atoms with Crippen LogP contribution in [0.15, 0.2) is 60.9 Å². The average Bonchev–Trinajstić information content (AvgIpc) is 3.20. The number of anilines is 3. The SMILES string of the molecule is COc1cc(-n2nc(C)cc2Nc2cc(NC(=O)c3cccc(C(F)(F)F)c3)ccc2C)ncn1. The number of carbonyl (C=O) groups excluding carboxylic acids is 1. The summed E-state index contributed by atoms with van der Waals surface area (Å²) in [7, 11) is 1.50. The molecule has 4 aromatic rings. The lowest BCUT2D eigenvalue weighted by Crippen LogP contribution is -2.14. The molecule has 0 saturated heterocycles. The van der Waals surface area contributed by atoms with Crippen LogP contribution in [-0.2, 0) is 6.18 Å². The van der Waals surface area contributed by atoms with Crippen LogP contribution in [-0.4, -0.2) is 32.8 Å². The summed E-state index contributed by atoms with van der Waals surface area (Å²) in [5.74, 6) is 0.816. The summed E-state index contributed by atoms with van der Waals surface area (Å²) >= 11 is 0. The van der Waals surface area contributed by atoms with E-state index in [2.05, 4.69) is 25.7 Å². The van der Waals surface area contributed by atoms with E-state index in [1.54, 1.807) is 28.9 Å². The number of carbonyl (C=O) groups is 1. The fourth-order valence-electron chi connectivity index (χ4n) is 3.33. The number of amides is 1. The number of halogens is 3. The van der Waals surface area contributed by atoms with Crippen LogP contribution in [0.5, 0.6) is 5.88 Å². The minimum Gasteiger partial charge on any atom is -0.481 e. The van der Waals surface area contributed by atoms with Crippen molar-refractivity contribution in [1.82, 2.24) is 19.7 Å². The standard InChI is InChI=1S/C24H21F3N6O2/c1-14-7-8-18(30-23(34)16-5-4-6-17(10-16)24(25,26)27)11-19(14)31-21-9-15(2)32-33(21)20-12-22(35-3)29-13-28-20/h4-13,31H,1-3H3,(H,30,34). The fraction of sp³-hybridized carbons (Fsp3) is 0.167. The Hall–Kier alpha value is -4.41. The maximum absolute atomic E-state index is 13.0. The molecular weight excluding hydrogens is 461 g/mol. The maximum atomic E-state index is 13.0. The molecule has 2 aromatic carbocycles. The Balaban J connectivity index is 1.59. The van der Waals surface area contributed by atoms with Crippen molar-refractivity contribution >= 4 is 23.1 Å². The Morgan fingerprint density at radius 3 is 2.57 bits per heavy atom. The molecule has 180 valence electrons. The van der Waals surface area contributed by atoms with Gasteiger partial charge in [-0.1, -0.05) is 12.1 Å². The number of benzene rings is 2. The summed E-state index contributed by atoms with van der Waals surface area (Å²) in [6.45, 7) is 3.71. The highest BCUT2D eigenvalue weighted by Gasteiger charge is 2.30. The Labute approximate surface area is 198 Å². The summed E-state index contributed by atoms with van der Waals surface area (Å²) in [4.78, 5) is 20.9. The van der Waals surface area contributed by atoms with Crippen LogP contribution < -0.4 is 15.4 Å². The van der Waals surface area contributed by atoms with Crippen LogP contribution in [0.3, 0.4) is 0 Å². The van der Waals surface area contributed by atoms with Crippen molar-refractivity contribution < 1.29 is 22.7 Å². The van der Waals surface area contributed by atoms with Gasteiger partial charge in [0.15, 0.2) is 5.82 Å². The Morgan fingerprint density at radius 2 is 1.83 bits per heavy atom. The molecule has 2 aromatic heterocycles. The van der Waals surface area contributed by atoms with E-state index >= 15 is 0 Å². The van der Waals surface area contributed by atoms with Gasteiger partial charge in [-0.05, 0) is 49.7 Å². The predicted molar refractivity (Wildman–Crippen MR) is 124 cm³/mol. The van der Waals surface area contributed by atoms with Gasteiger partial charge < -0.3 is 15.4 Å². The number of aromatic nitrogens is 4. The largest absolute Gasteiger partial charge is 0.481 e. The summed E-state index contributed by atoms with van der Waals surface area (Å²) < 4.78 is 45.8. The highest BCUT2D eigenvalue weighted by molar-refractivity contribution is 6.04. The zero-order chi connectivity index (χ0) is 25.2. The number of hydrogen-bond acceptors (Lipinski definition) is 6. The topological polar surface area (TPSA) is 94.0 Å². The zero-order valence-corrected chi connectivity index (χ0v) is 19.0. The van der Waals surface area contributed by atoms with Crippen molar-refractivity contribution in [2.45, 2.75) is 20.0 Å². The highest BCUT2D eigenvalue weighted by Crippen LogP contribution is 2.30. The molecule has 11 heteroatoms. The molecule has 0 bridgehead atoms. The third kappa shape index (κ3) is 5.40. The van der Waals surface area contributed by atoms with Crippen molar-refractivity contribution in [3.8, 4) is 11.7 Å². The Kier molecular flexibility index (Phi) is 6.41. The molecule has 2 heterocycles. The van der Waals surface area contributed by atoms with E-state index in [0.29, 0.717) is 28.9 Å². The van der Waals surface area contributed by atoms with Crippen LogP contribution in [0, 0.1) is 13.8 Å². The number of nitrogens with one attached hydrogen (secondary N) is 2. The second-order valence-electron chi connectivity index (χ2n) is 7.69. The van der Waals surface area contributed by atoms with E-state index in [-0.39, 0.29) is 5.56 Å². The van der Waals surface area contributed by atoms with Crippen molar-refractivity contribution in [2.24, 2.45) is 0 Å². The molecule has 0 spiro atoms. The van der Waals surface area contributed by atoms with Gasteiger partial charge in [0.2, 0.25) is 5.88 Å². The molecule has 2 N–H and O–H groups in total. The summed E-state index contributed by atoms with van der Waals surface area (Å²) in [5.41, 5.74) is 1.69. The van der Waals surface area contributed by atoms with E-state index in [9.17, 15) is 18.0 Å². The van der Waals surface area contributed by atoms with E-state index in [4.69, 9.17) is 4.74 Å². The second kappa shape index (κ2) is 9.45. The van der Waals surface area contributed by atoms with Crippen LogP contribution in [0.2, 0.25) is 0 Å². The molecule has 0 saturated carbocycles. The molecule has 0 radical (unpaired) electrons. The van der Waals surface area contributed by atoms with Crippen LogP contribution in [0.4, 0.5) is 30.4 Å². The van der Waals surface area contributed by atoms with Gasteiger partial charge in [0.1, 0.15) is 12.1 Å². The second-order valence-corrected chi connectivity index (χ2v) is 7.69. The molecule has 0 aliphatic heterocycles. The van der Waals surface area contributed by atoms with Gasteiger partial charge >= 0.3 is 6.18 Å². The molecule has 8 nitrogen and oxygen atoms in total. The minimum absolute atomic E-state index is 0.0960. The summed E-state index contributed by atoms with van der Waals surface area (Å²) in [6.07, 6.45) is -3.17. The predicted octanol–water partition coefficient (Wildman–Crippen LogP) is 5.30. The molecule has 0 fully saturated rings. The first-order valence-corrected chi connectivity index (χ1v) is 10.4. The van der Waals surface area contributed by atoms with Crippen LogP contribution >= 0.6 is 0 Å². The Bertz CT molecular complexity index is 1380. The third-order valence-corrected chi connectivity index (χ3v) is 5.10. The smallest absolute Gasteiger partial charge is 0.416 e. The molecule has 0 aliphatic carbocycles. The zero-order valence-electron chi connectivity index (χ0n) is 19.0. The number of nitrogens with zero attached hydrogens (tertiary/aromatic N) is 4. The number of alkyl halides is 3. The highest BCUT2D eigenvalue weighted by atomic mass is 19.4. The summed E-state index contributed by atoms with van der Waals surface area (Å²) in [6, 6.07) is 12.9. The molecule has 1 amide bonds. The molecule has 35 heavy (non-hydrogen) atoms. The fourth-order valence-corrected chi connectivity index (χ4v) is 3.33. The van der Waals surface area contributed by atoms with Gasteiger partial charge in [0.25, 0.3) is 5.91 Å².